The van der Waals surface area contributed by atoms with Crippen LogP contribution in [0.3, 0.4) is 0 Å². The highest BCUT2D eigenvalue weighted by Gasteiger charge is 2.04. The molecule has 2 aromatic rings. The predicted octanol–water partition coefficient (Wildman–Crippen LogP) is 3.38. The summed E-state index contributed by atoms with van der Waals surface area (Å²) in [6, 6.07) is 8.11. The molecule has 0 aliphatic rings. The number of hydrogen-bond acceptors (Lipinski definition) is 3. The van der Waals surface area contributed by atoms with E-state index in [0.29, 0.717) is 12.2 Å². The zero-order chi connectivity index (χ0) is 12.1. The Hall–Kier alpha value is -1.86. The summed E-state index contributed by atoms with van der Waals surface area (Å²) in [6.07, 6.45) is 0.753. The Morgan fingerprint density at radius 1 is 1.35 bits per heavy atom. The van der Waals surface area contributed by atoms with Crippen molar-refractivity contribution in [1.82, 2.24) is 0 Å². The molecule has 0 unspecified atom stereocenters. The molecule has 0 aliphatic heterocycles. The normalized spacial score (nSPS) is 9.88. The van der Waals surface area contributed by atoms with Gasteiger partial charge in [0, 0.05) is 6.42 Å². The van der Waals surface area contributed by atoms with E-state index >= 15 is 0 Å². The minimum Gasteiger partial charge on any atom is -0.490 e. The molecule has 0 radical (unpaired) electrons. The average molecular weight is 247 g/mol. The van der Waals surface area contributed by atoms with Crippen molar-refractivity contribution >= 4 is 11.3 Å². The molecule has 0 N–H and O–H groups in total. The lowest BCUT2D eigenvalue weighted by Crippen LogP contribution is -2.02. The lowest BCUT2D eigenvalue weighted by Gasteiger charge is -2.06. The number of hydrogen-bond donors (Lipinski definition) is 0. The van der Waals surface area contributed by atoms with Crippen LogP contribution in [-0.4, -0.2) is 6.61 Å². The van der Waals surface area contributed by atoms with Gasteiger partial charge in [-0.3, -0.25) is 0 Å². The van der Waals surface area contributed by atoms with E-state index in [1.165, 1.54) is 17.7 Å². The molecule has 2 rings (SSSR count). The molecule has 0 spiro atoms. The fourth-order valence-corrected chi connectivity index (χ4v) is 2.10. The summed E-state index contributed by atoms with van der Waals surface area (Å²) in [7, 11) is 0. The van der Waals surface area contributed by atoms with E-state index < -0.39 is 5.82 Å². The van der Waals surface area contributed by atoms with E-state index in [-0.39, 0.29) is 5.75 Å². The molecule has 17 heavy (non-hydrogen) atoms. The van der Waals surface area contributed by atoms with Gasteiger partial charge in [-0.05, 0) is 40.6 Å². The van der Waals surface area contributed by atoms with Gasteiger partial charge in [-0.25, -0.2) is 4.39 Å². The van der Waals surface area contributed by atoms with Gasteiger partial charge in [-0.2, -0.15) is 16.6 Å². The fourth-order valence-electron chi connectivity index (χ4n) is 1.40. The van der Waals surface area contributed by atoms with Gasteiger partial charge in [0.2, 0.25) is 0 Å². The third-order valence-electron chi connectivity index (χ3n) is 2.29. The van der Waals surface area contributed by atoms with Gasteiger partial charge >= 0.3 is 0 Å². The number of nitriles is 1. The highest BCUT2D eigenvalue weighted by molar-refractivity contribution is 7.07. The summed E-state index contributed by atoms with van der Waals surface area (Å²) in [5.41, 5.74) is 1.48. The van der Waals surface area contributed by atoms with Gasteiger partial charge in [-0.1, -0.05) is 0 Å². The highest BCUT2D eigenvalue weighted by atomic mass is 32.1. The zero-order valence-electron chi connectivity index (χ0n) is 9.02. The minimum absolute atomic E-state index is 0.194. The Bertz CT molecular complexity index is 531. The molecular weight excluding hydrogens is 237 g/mol. The summed E-state index contributed by atoms with van der Waals surface area (Å²) >= 11 is 1.63. The molecule has 0 saturated heterocycles. The fraction of sp³-hybridized carbons (Fsp3) is 0.154. The monoisotopic (exact) mass is 247 g/mol. The molecule has 0 aliphatic carbocycles. The van der Waals surface area contributed by atoms with Crippen LogP contribution < -0.4 is 4.74 Å². The summed E-state index contributed by atoms with van der Waals surface area (Å²) in [5.74, 6) is -0.298. The maximum absolute atomic E-state index is 13.4. The molecule has 1 heterocycles. The third kappa shape index (κ3) is 3.05. The Labute approximate surface area is 103 Å². The van der Waals surface area contributed by atoms with Crippen molar-refractivity contribution < 1.29 is 9.13 Å². The lowest BCUT2D eigenvalue weighted by molar-refractivity contribution is 0.305. The second kappa shape index (κ2) is 5.46. The molecular formula is C13H10FNOS. The van der Waals surface area contributed by atoms with E-state index in [0.717, 1.165) is 6.42 Å². The van der Waals surface area contributed by atoms with Gasteiger partial charge in [0.25, 0.3) is 0 Å². The second-order valence-corrected chi connectivity index (χ2v) is 4.27. The van der Waals surface area contributed by atoms with E-state index in [2.05, 4.69) is 0 Å². The SMILES string of the molecule is N#Cc1ccc(OCCc2ccsc2)c(F)c1. The quantitative estimate of drug-likeness (QED) is 0.829. The van der Waals surface area contributed by atoms with Gasteiger partial charge in [-0.15, -0.1) is 0 Å². The Kier molecular flexibility index (Phi) is 3.73. The van der Waals surface area contributed by atoms with Crippen LogP contribution in [0.5, 0.6) is 5.75 Å². The van der Waals surface area contributed by atoms with Gasteiger partial charge < -0.3 is 4.74 Å². The molecule has 2 nitrogen and oxygen atoms in total. The summed E-state index contributed by atoms with van der Waals surface area (Å²) in [4.78, 5) is 0. The number of rotatable bonds is 4. The first-order valence-electron chi connectivity index (χ1n) is 5.13. The van der Waals surface area contributed by atoms with Crippen molar-refractivity contribution in [2.24, 2.45) is 0 Å². The lowest BCUT2D eigenvalue weighted by atomic mass is 10.2. The van der Waals surface area contributed by atoms with Crippen LogP contribution in [0.25, 0.3) is 0 Å². The van der Waals surface area contributed by atoms with Crippen LogP contribution in [0.15, 0.2) is 35.0 Å². The number of thiophene rings is 1. The molecule has 0 fully saturated rings. The molecule has 4 heteroatoms. The first-order chi connectivity index (χ1) is 8.29. The van der Waals surface area contributed by atoms with Crippen molar-refractivity contribution in [2.75, 3.05) is 6.61 Å². The number of nitrogens with zero attached hydrogens (tertiary/aromatic N) is 1. The summed E-state index contributed by atoms with van der Waals surface area (Å²) in [6.45, 7) is 0.430. The maximum Gasteiger partial charge on any atom is 0.166 e. The Balaban J connectivity index is 1.93. The topological polar surface area (TPSA) is 33.0 Å². The van der Waals surface area contributed by atoms with E-state index in [9.17, 15) is 4.39 Å². The van der Waals surface area contributed by atoms with Crippen molar-refractivity contribution in [1.29, 1.82) is 5.26 Å². The van der Waals surface area contributed by atoms with Crippen LogP contribution in [0.1, 0.15) is 11.1 Å². The summed E-state index contributed by atoms with van der Waals surface area (Å²) < 4.78 is 18.8. The first kappa shape index (κ1) is 11.6. The number of ether oxygens (including phenoxy) is 1. The van der Waals surface area contributed by atoms with Crippen molar-refractivity contribution in [2.45, 2.75) is 6.42 Å². The van der Waals surface area contributed by atoms with E-state index in [4.69, 9.17) is 10.00 Å². The molecule has 1 aromatic heterocycles. The molecule has 1 aromatic carbocycles. The highest BCUT2D eigenvalue weighted by Crippen LogP contribution is 2.18. The van der Waals surface area contributed by atoms with E-state index in [1.807, 2.05) is 22.9 Å². The molecule has 0 amide bonds. The third-order valence-corrected chi connectivity index (χ3v) is 3.02. The van der Waals surface area contributed by atoms with Crippen molar-refractivity contribution in [3.8, 4) is 11.8 Å². The zero-order valence-corrected chi connectivity index (χ0v) is 9.84. The predicted molar refractivity (Wildman–Crippen MR) is 64.6 cm³/mol. The van der Waals surface area contributed by atoms with Gasteiger partial charge in [0.15, 0.2) is 11.6 Å². The van der Waals surface area contributed by atoms with Crippen molar-refractivity contribution in [3.63, 3.8) is 0 Å². The largest absolute Gasteiger partial charge is 0.490 e. The molecule has 0 saturated carbocycles. The molecule has 0 bridgehead atoms. The van der Waals surface area contributed by atoms with E-state index in [1.54, 1.807) is 17.4 Å². The Morgan fingerprint density at radius 3 is 2.88 bits per heavy atom. The average Bonchev–Trinajstić information content (AvgIpc) is 2.84. The number of halogens is 1. The van der Waals surface area contributed by atoms with Crippen LogP contribution in [0, 0.1) is 17.1 Å². The summed E-state index contributed by atoms with van der Waals surface area (Å²) in [5, 5.41) is 12.6. The van der Waals surface area contributed by atoms with Crippen molar-refractivity contribution in [3.05, 3.63) is 52.0 Å². The smallest absolute Gasteiger partial charge is 0.166 e. The van der Waals surface area contributed by atoms with Gasteiger partial charge in [0.05, 0.1) is 18.2 Å². The van der Waals surface area contributed by atoms with Gasteiger partial charge in [0.1, 0.15) is 0 Å². The van der Waals surface area contributed by atoms with Crippen LogP contribution in [0.4, 0.5) is 4.39 Å². The second-order valence-electron chi connectivity index (χ2n) is 3.49. The first-order valence-corrected chi connectivity index (χ1v) is 6.07. The Morgan fingerprint density at radius 2 is 2.24 bits per heavy atom. The maximum atomic E-state index is 13.4. The van der Waals surface area contributed by atoms with Crippen LogP contribution in [0.2, 0.25) is 0 Å². The minimum atomic E-state index is -0.491. The molecule has 86 valence electrons. The van der Waals surface area contributed by atoms with Crippen LogP contribution >= 0.6 is 11.3 Å². The number of benzene rings is 1. The standard InChI is InChI=1S/C13H10FNOS/c14-12-7-11(8-15)1-2-13(12)16-5-3-10-4-6-17-9-10/h1-2,4,6-7,9H,3,5H2. The molecule has 0 atom stereocenters. The van der Waals surface area contributed by atoms with Crippen LogP contribution in [-0.2, 0) is 6.42 Å².